The molecule has 21 heavy (non-hydrogen) atoms. The average Bonchev–Trinajstić information content (AvgIpc) is 2.46. The highest BCUT2D eigenvalue weighted by Gasteiger charge is 2.33. The van der Waals surface area contributed by atoms with E-state index in [1.54, 1.807) is 11.8 Å². The normalized spacial score (nSPS) is 29.0. The van der Waals surface area contributed by atoms with E-state index >= 15 is 0 Å². The highest BCUT2D eigenvalue weighted by atomic mass is 16.5. The smallest absolute Gasteiger partial charge is 0.320 e. The number of nitrogens with one attached hydrogen (secondary N) is 1. The second-order valence-corrected chi connectivity index (χ2v) is 6.18. The molecule has 2 saturated heterocycles. The van der Waals surface area contributed by atoms with Gasteiger partial charge in [-0.2, -0.15) is 0 Å². The topological polar surface area (TPSA) is 82.1 Å². The van der Waals surface area contributed by atoms with Gasteiger partial charge in [-0.25, -0.2) is 4.79 Å². The second kappa shape index (κ2) is 6.62. The Morgan fingerprint density at radius 3 is 2.48 bits per heavy atom. The van der Waals surface area contributed by atoms with Crippen LogP contribution in [0.25, 0.3) is 0 Å². The van der Waals surface area contributed by atoms with Crippen LogP contribution < -0.4 is 5.32 Å². The molecule has 2 rings (SSSR count). The van der Waals surface area contributed by atoms with Gasteiger partial charge in [0.1, 0.15) is 6.04 Å². The van der Waals surface area contributed by atoms with Crippen molar-refractivity contribution in [1.29, 1.82) is 0 Å². The zero-order chi connectivity index (χ0) is 15.5. The number of carbonyl (C=O) groups is 2. The van der Waals surface area contributed by atoms with Crippen molar-refractivity contribution < 1.29 is 19.4 Å². The fourth-order valence-electron chi connectivity index (χ4n) is 2.84. The van der Waals surface area contributed by atoms with Crippen LogP contribution in [0.5, 0.6) is 0 Å². The molecule has 0 radical (unpaired) electrons. The summed E-state index contributed by atoms with van der Waals surface area (Å²) in [7, 11) is 0. The lowest BCUT2D eigenvalue weighted by atomic mass is 9.95. The summed E-state index contributed by atoms with van der Waals surface area (Å²) in [6, 6.07) is -0.579. The quantitative estimate of drug-likeness (QED) is 0.786. The summed E-state index contributed by atoms with van der Waals surface area (Å²) in [4.78, 5) is 26.9. The third-order valence-electron chi connectivity index (χ3n) is 4.35. The van der Waals surface area contributed by atoms with Crippen LogP contribution in [0.3, 0.4) is 0 Å². The van der Waals surface area contributed by atoms with Crippen LogP contribution in [0, 0.1) is 0 Å². The van der Waals surface area contributed by atoms with Gasteiger partial charge in [0.25, 0.3) is 0 Å². The molecule has 0 spiro atoms. The molecule has 2 aliphatic heterocycles. The van der Waals surface area contributed by atoms with Crippen molar-refractivity contribution in [3.63, 3.8) is 0 Å². The van der Waals surface area contributed by atoms with Gasteiger partial charge in [-0.1, -0.05) is 0 Å². The van der Waals surface area contributed by atoms with Crippen LogP contribution in [0.4, 0.5) is 4.79 Å². The van der Waals surface area contributed by atoms with Gasteiger partial charge >= 0.3 is 12.0 Å². The molecule has 0 aromatic carbocycles. The molecule has 0 aromatic heterocycles. The number of urea groups is 1. The summed E-state index contributed by atoms with van der Waals surface area (Å²) in [5, 5.41) is 12.1. The summed E-state index contributed by atoms with van der Waals surface area (Å²) in [5.74, 6) is -0.820. The maximum atomic E-state index is 12.3. The molecule has 2 amide bonds. The van der Waals surface area contributed by atoms with Gasteiger partial charge in [0.15, 0.2) is 0 Å². The fraction of sp³-hybridized carbons (Fsp3) is 0.857. The Morgan fingerprint density at radius 2 is 1.95 bits per heavy atom. The summed E-state index contributed by atoms with van der Waals surface area (Å²) in [6.07, 6.45) is 1.88. The molecule has 0 aromatic rings. The van der Waals surface area contributed by atoms with Crippen molar-refractivity contribution >= 4 is 12.0 Å². The minimum Gasteiger partial charge on any atom is -0.480 e. The third-order valence-corrected chi connectivity index (χ3v) is 4.35. The maximum Gasteiger partial charge on any atom is 0.320 e. The molecule has 2 N–H and O–H groups in total. The molecule has 7 nitrogen and oxygen atoms in total. The van der Waals surface area contributed by atoms with E-state index in [4.69, 9.17) is 9.84 Å². The van der Waals surface area contributed by atoms with E-state index in [-0.39, 0.29) is 11.6 Å². The number of carboxylic acids is 1. The summed E-state index contributed by atoms with van der Waals surface area (Å²) in [5.41, 5.74) is -0.291. The Balaban J connectivity index is 1.81. The van der Waals surface area contributed by atoms with E-state index in [0.29, 0.717) is 32.8 Å². The van der Waals surface area contributed by atoms with E-state index < -0.39 is 12.0 Å². The van der Waals surface area contributed by atoms with E-state index in [1.165, 1.54) is 0 Å². The number of carbonyl (C=O) groups excluding carboxylic acids is 1. The fourth-order valence-corrected chi connectivity index (χ4v) is 2.84. The SMILES string of the molecule is CC(C(=O)O)N1CCN(C(=O)NC2(C)CCCOC2)CC1. The number of carboxylic acid groups (broad SMARTS) is 1. The van der Waals surface area contributed by atoms with Crippen LogP contribution >= 0.6 is 0 Å². The molecule has 120 valence electrons. The zero-order valence-corrected chi connectivity index (χ0v) is 12.8. The van der Waals surface area contributed by atoms with Gasteiger partial charge in [0, 0.05) is 32.8 Å². The largest absolute Gasteiger partial charge is 0.480 e. The Labute approximate surface area is 125 Å². The minimum absolute atomic E-state index is 0.0781. The highest BCUT2D eigenvalue weighted by Crippen LogP contribution is 2.19. The summed E-state index contributed by atoms with van der Waals surface area (Å²) in [6.45, 7) is 7.29. The van der Waals surface area contributed by atoms with Gasteiger partial charge in [-0.15, -0.1) is 0 Å². The van der Waals surface area contributed by atoms with Crippen molar-refractivity contribution in [3.8, 4) is 0 Å². The Kier molecular flexibility index (Phi) is 5.05. The van der Waals surface area contributed by atoms with E-state index in [1.807, 2.05) is 11.8 Å². The lowest BCUT2D eigenvalue weighted by Crippen LogP contribution is -2.59. The van der Waals surface area contributed by atoms with Gasteiger partial charge in [-0.05, 0) is 26.7 Å². The summed E-state index contributed by atoms with van der Waals surface area (Å²) < 4.78 is 5.44. The molecule has 2 aliphatic rings. The van der Waals surface area contributed by atoms with Crippen molar-refractivity contribution in [3.05, 3.63) is 0 Å². The Bertz CT molecular complexity index is 388. The van der Waals surface area contributed by atoms with Crippen LogP contribution in [-0.2, 0) is 9.53 Å². The van der Waals surface area contributed by atoms with E-state index in [0.717, 1.165) is 19.4 Å². The van der Waals surface area contributed by atoms with Crippen molar-refractivity contribution in [2.75, 3.05) is 39.4 Å². The number of amides is 2. The Hall–Kier alpha value is -1.34. The predicted molar refractivity (Wildman–Crippen MR) is 77.2 cm³/mol. The van der Waals surface area contributed by atoms with Gasteiger partial charge in [0.05, 0.1) is 12.1 Å². The molecule has 2 heterocycles. The number of nitrogens with zero attached hydrogens (tertiary/aromatic N) is 2. The highest BCUT2D eigenvalue weighted by molar-refractivity contribution is 5.75. The lowest BCUT2D eigenvalue weighted by Gasteiger charge is -2.40. The first-order valence-electron chi connectivity index (χ1n) is 7.53. The molecule has 0 saturated carbocycles. The number of hydrogen-bond donors (Lipinski definition) is 2. The standard InChI is InChI=1S/C14H25N3O4/c1-11(12(18)19)16-5-7-17(8-6-16)13(20)15-14(2)4-3-9-21-10-14/h11H,3-10H2,1-2H3,(H,15,20)(H,18,19). The first kappa shape index (κ1) is 16.0. The number of piperazine rings is 1. The van der Waals surface area contributed by atoms with E-state index in [2.05, 4.69) is 5.32 Å². The summed E-state index contributed by atoms with van der Waals surface area (Å²) >= 11 is 0. The molecule has 2 unspecified atom stereocenters. The van der Waals surface area contributed by atoms with Crippen molar-refractivity contribution in [2.45, 2.75) is 38.3 Å². The molecular weight excluding hydrogens is 274 g/mol. The van der Waals surface area contributed by atoms with Gasteiger partial charge < -0.3 is 20.1 Å². The molecule has 0 aliphatic carbocycles. The molecule has 0 bridgehead atoms. The first-order valence-corrected chi connectivity index (χ1v) is 7.53. The van der Waals surface area contributed by atoms with Gasteiger partial charge in [0.2, 0.25) is 0 Å². The van der Waals surface area contributed by atoms with Crippen LogP contribution in [-0.4, -0.2) is 77.9 Å². The number of ether oxygens (including phenoxy) is 1. The minimum atomic E-state index is -0.820. The van der Waals surface area contributed by atoms with Crippen molar-refractivity contribution in [1.82, 2.24) is 15.1 Å². The van der Waals surface area contributed by atoms with Crippen LogP contribution in [0.15, 0.2) is 0 Å². The van der Waals surface area contributed by atoms with Crippen LogP contribution in [0.2, 0.25) is 0 Å². The number of hydrogen-bond acceptors (Lipinski definition) is 4. The second-order valence-electron chi connectivity index (χ2n) is 6.18. The Morgan fingerprint density at radius 1 is 1.29 bits per heavy atom. The third kappa shape index (κ3) is 4.07. The monoisotopic (exact) mass is 299 g/mol. The lowest BCUT2D eigenvalue weighted by molar-refractivity contribution is -0.143. The number of aliphatic carboxylic acids is 1. The molecule has 2 atom stereocenters. The van der Waals surface area contributed by atoms with Crippen LogP contribution in [0.1, 0.15) is 26.7 Å². The molecule has 2 fully saturated rings. The van der Waals surface area contributed by atoms with E-state index in [9.17, 15) is 9.59 Å². The first-order chi connectivity index (χ1) is 9.91. The average molecular weight is 299 g/mol. The predicted octanol–water partition coefficient (Wildman–Crippen LogP) is 0.356. The van der Waals surface area contributed by atoms with Crippen molar-refractivity contribution in [2.24, 2.45) is 0 Å². The molecule has 7 heteroatoms. The zero-order valence-electron chi connectivity index (χ0n) is 12.8. The van der Waals surface area contributed by atoms with Gasteiger partial charge in [-0.3, -0.25) is 9.69 Å². The molecular formula is C14H25N3O4. The number of rotatable bonds is 3. The maximum absolute atomic E-state index is 12.3.